The lowest BCUT2D eigenvalue weighted by atomic mass is 10.1. The van der Waals surface area contributed by atoms with Crippen LogP contribution >= 0.6 is 24.0 Å². The smallest absolute Gasteiger partial charge is 0.253 e. The molecule has 0 saturated carbocycles. The maximum Gasteiger partial charge on any atom is 0.253 e. The summed E-state index contributed by atoms with van der Waals surface area (Å²) in [5.41, 5.74) is 2.66. The molecule has 1 aliphatic heterocycles. The number of carbonyl (C=O) groups excluding carboxylic acids is 1. The van der Waals surface area contributed by atoms with E-state index in [1.807, 2.05) is 66.4 Å². The molecule has 1 saturated heterocycles. The van der Waals surface area contributed by atoms with Crippen LogP contribution in [0, 0.1) is 0 Å². The predicted molar refractivity (Wildman–Crippen MR) is 140 cm³/mol. The Bertz CT molecular complexity index is 854. The van der Waals surface area contributed by atoms with E-state index in [9.17, 15) is 9.90 Å². The van der Waals surface area contributed by atoms with Crippen molar-refractivity contribution in [1.29, 1.82) is 0 Å². The summed E-state index contributed by atoms with van der Waals surface area (Å²) in [6.07, 6.45) is 3.47. The van der Waals surface area contributed by atoms with Gasteiger partial charge in [0.1, 0.15) is 0 Å². The third kappa shape index (κ3) is 8.09. The molecule has 2 aromatic carbocycles. The van der Waals surface area contributed by atoms with Crippen molar-refractivity contribution in [3.63, 3.8) is 0 Å². The fraction of sp³-hybridized carbons (Fsp3) is 0.440. The standard InChI is InChI=1S/C25H34N4O2.HI/c1-2-26-25(27-15-14-23(30)21-11-5-3-6-12-21)28-19-20-10-9-13-22(18-20)24(31)29-16-7-4-8-17-29;/h3,5-6,9-13,18,23,30H,2,4,7-8,14-17,19H2,1H3,(H2,26,27,28);1H. The number of hydrogen-bond acceptors (Lipinski definition) is 3. The number of likely N-dealkylation sites (tertiary alicyclic amines) is 1. The highest BCUT2D eigenvalue weighted by Crippen LogP contribution is 2.16. The number of aliphatic hydroxyl groups excluding tert-OH is 1. The normalized spacial score (nSPS) is 14.9. The van der Waals surface area contributed by atoms with E-state index >= 15 is 0 Å². The summed E-state index contributed by atoms with van der Waals surface area (Å²) in [6, 6.07) is 17.4. The molecule has 0 aromatic heterocycles. The number of aliphatic hydroxyl groups is 1. The molecule has 3 rings (SSSR count). The fourth-order valence-corrected chi connectivity index (χ4v) is 3.76. The molecule has 0 spiro atoms. The van der Waals surface area contributed by atoms with Crippen molar-refractivity contribution in [3.05, 3.63) is 71.3 Å². The van der Waals surface area contributed by atoms with Crippen LogP contribution in [0.5, 0.6) is 0 Å². The van der Waals surface area contributed by atoms with Gasteiger partial charge in [-0.15, -0.1) is 24.0 Å². The predicted octanol–water partition coefficient (Wildman–Crippen LogP) is 4.11. The molecule has 1 amide bonds. The minimum absolute atomic E-state index is 0. The molecular formula is C25H35IN4O2. The number of guanidine groups is 1. The van der Waals surface area contributed by atoms with E-state index in [-0.39, 0.29) is 29.9 Å². The monoisotopic (exact) mass is 550 g/mol. The van der Waals surface area contributed by atoms with Crippen molar-refractivity contribution in [2.75, 3.05) is 26.2 Å². The maximum atomic E-state index is 12.8. The lowest BCUT2D eigenvalue weighted by Gasteiger charge is -2.26. The van der Waals surface area contributed by atoms with E-state index in [4.69, 9.17) is 0 Å². The van der Waals surface area contributed by atoms with Crippen molar-refractivity contribution in [2.24, 2.45) is 4.99 Å². The van der Waals surface area contributed by atoms with Crippen molar-refractivity contribution >= 4 is 35.8 Å². The number of nitrogens with zero attached hydrogens (tertiary/aromatic N) is 2. The first-order chi connectivity index (χ1) is 15.2. The largest absolute Gasteiger partial charge is 0.388 e. The second-order valence-electron chi connectivity index (χ2n) is 7.89. The van der Waals surface area contributed by atoms with Gasteiger partial charge in [0.15, 0.2) is 5.96 Å². The lowest BCUT2D eigenvalue weighted by Crippen LogP contribution is -2.38. The Labute approximate surface area is 208 Å². The first kappa shape index (κ1) is 26.1. The zero-order chi connectivity index (χ0) is 21.9. The Balaban J connectivity index is 0.00000363. The number of carbonyl (C=O) groups is 1. The first-order valence-electron chi connectivity index (χ1n) is 11.3. The van der Waals surface area contributed by atoms with Gasteiger partial charge in [0, 0.05) is 31.7 Å². The van der Waals surface area contributed by atoms with Gasteiger partial charge >= 0.3 is 0 Å². The molecule has 1 fully saturated rings. The van der Waals surface area contributed by atoms with Gasteiger partial charge in [0.05, 0.1) is 12.6 Å². The molecule has 3 N–H and O–H groups in total. The highest BCUT2D eigenvalue weighted by molar-refractivity contribution is 14.0. The summed E-state index contributed by atoms with van der Waals surface area (Å²) in [5, 5.41) is 16.8. The van der Waals surface area contributed by atoms with E-state index < -0.39 is 6.10 Å². The molecule has 1 heterocycles. The number of aliphatic imine (C=N–C) groups is 1. The van der Waals surface area contributed by atoms with Crippen LogP contribution in [-0.4, -0.2) is 48.1 Å². The van der Waals surface area contributed by atoms with Crippen molar-refractivity contribution in [2.45, 2.75) is 45.3 Å². The van der Waals surface area contributed by atoms with Crippen molar-refractivity contribution in [3.8, 4) is 0 Å². The zero-order valence-electron chi connectivity index (χ0n) is 18.8. The molecule has 174 valence electrons. The Morgan fingerprint density at radius 2 is 1.81 bits per heavy atom. The third-order valence-electron chi connectivity index (χ3n) is 5.48. The Morgan fingerprint density at radius 1 is 1.06 bits per heavy atom. The number of piperidine rings is 1. The number of halogens is 1. The Kier molecular flexibility index (Phi) is 11.5. The molecule has 1 aliphatic rings. The number of amides is 1. The molecule has 2 aromatic rings. The first-order valence-corrected chi connectivity index (χ1v) is 11.3. The highest BCUT2D eigenvalue weighted by Gasteiger charge is 2.18. The average Bonchev–Trinajstić information content (AvgIpc) is 2.83. The summed E-state index contributed by atoms with van der Waals surface area (Å²) in [6.45, 7) is 5.57. The van der Waals surface area contributed by atoms with Crippen LogP contribution in [0.25, 0.3) is 0 Å². The van der Waals surface area contributed by atoms with E-state index in [1.54, 1.807) is 0 Å². The molecule has 0 aliphatic carbocycles. The van der Waals surface area contributed by atoms with E-state index in [0.717, 1.165) is 49.2 Å². The van der Waals surface area contributed by atoms with Crippen LogP contribution in [0.3, 0.4) is 0 Å². The van der Waals surface area contributed by atoms with Crippen LogP contribution in [-0.2, 0) is 6.54 Å². The SMILES string of the molecule is CCNC(=NCc1cccc(C(=O)N2CCCCC2)c1)NCCC(O)c1ccccc1.I. The Morgan fingerprint density at radius 3 is 2.53 bits per heavy atom. The summed E-state index contributed by atoms with van der Waals surface area (Å²) in [7, 11) is 0. The van der Waals surface area contributed by atoms with Crippen LogP contribution in [0.15, 0.2) is 59.6 Å². The van der Waals surface area contributed by atoms with Crippen LogP contribution in [0.2, 0.25) is 0 Å². The van der Waals surface area contributed by atoms with Gasteiger partial charge in [-0.3, -0.25) is 4.79 Å². The van der Waals surface area contributed by atoms with Gasteiger partial charge in [0.25, 0.3) is 5.91 Å². The molecular weight excluding hydrogens is 515 g/mol. The lowest BCUT2D eigenvalue weighted by molar-refractivity contribution is 0.0724. The molecule has 0 bridgehead atoms. The van der Waals surface area contributed by atoms with E-state index in [2.05, 4.69) is 15.6 Å². The van der Waals surface area contributed by atoms with E-state index in [0.29, 0.717) is 25.5 Å². The molecule has 32 heavy (non-hydrogen) atoms. The average molecular weight is 550 g/mol. The Hall–Kier alpha value is -2.13. The fourth-order valence-electron chi connectivity index (χ4n) is 3.76. The number of hydrogen-bond donors (Lipinski definition) is 3. The minimum atomic E-state index is -0.506. The number of rotatable bonds is 8. The molecule has 7 heteroatoms. The van der Waals surface area contributed by atoms with Crippen LogP contribution < -0.4 is 10.6 Å². The zero-order valence-corrected chi connectivity index (χ0v) is 21.1. The van der Waals surface area contributed by atoms with Crippen molar-refractivity contribution < 1.29 is 9.90 Å². The summed E-state index contributed by atoms with van der Waals surface area (Å²) in [5.74, 6) is 0.820. The third-order valence-corrected chi connectivity index (χ3v) is 5.48. The topological polar surface area (TPSA) is 77.0 Å². The summed E-state index contributed by atoms with van der Waals surface area (Å²) >= 11 is 0. The van der Waals surface area contributed by atoms with Gasteiger partial charge in [-0.05, 0) is 55.9 Å². The van der Waals surface area contributed by atoms with Gasteiger partial charge in [0.2, 0.25) is 0 Å². The quantitative estimate of drug-likeness (QED) is 0.263. The maximum absolute atomic E-state index is 12.8. The second-order valence-corrected chi connectivity index (χ2v) is 7.89. The van der Waals surface area contributed by atoms with Crippen LogP contribution in [0.4, 0.5) is 0 Å². The summed E-state index contributed by atoms with van der Waals surface area (Å²) < 4.78 is 0. The van der Waals surface area contributed by atoms with Gasteiger partial charge in [-0.2, -0.15) is 0 Å². The highest BCUT2D eigenvalue weighted by atomic mass is 127. The second kappa shape index (κ2) is 14.1. The van der Waals surface area contributed by atoms with E-state index in [1.165, 1.54) is 6.42 Å². The summed E-state index contributed by atoms with van der Waals surface area (Å²) in [4.78, 5) is 19.4. The van der Waals surface area contributed by atoms with Crippen molar-refractivity contribution in [1.82, 2.24) is 15.5 Å². The van der Waals surface area contributed by atoms with Gasteiger partial charge < -0.3 is 20.6 Å². The molecule has 1 unspecified atom stereocenters. The molecule has 0 radical (unpaired) electrons. The van der Waals surface area contributed by atoms with Crippen LogP contribution in [0.1, 0.15) is 60.2 Å². The molecule has 6 nitrogen and oxygen atoms in total. The van der Waals surface area contributed by atoms with Gasteiger partial charge in [-0.1, -0.05) is 42.5 Å². The van der Waals surface area contributed by atoms with Gasteiger partial charge in [-0.25, -0.2) is 4.99 Å². The molecule has 1 atom stereocenters. The number of benzene rings is 2. The minimum Gasteiger partial charge on any atom is -0.388 e. The number of nitrogens with one attached hydrogen (secondary N) is 2.